The van der Waals surface area contributed by atoms with E-state index in [1.807, 2.05) is 5.41 Å². The molecular formula is C11H14S. The van der Waals surface area contributed by atoms with E-state index in [-0.39, 0.29) is 0 Å². The van der Waals surface area contributed by atoms with Crippen LogP contribution in [0.3, 0.4) is 0 Å². The summed E-state index contributed by atoms with van der Waals surface area (Å²) < 4.78 is 0. The van der Waals surface area contributed by atoms with Crippen molar-refractivity contribution in [3.05, 3.63) is 34.8 Å². The second-order valence-electron chi connectivity index (χ2n) is 3.61. The Morgan fingerprint density at radius 3 is 3.25 bits per heavy atom. The van der Waals surface area contributed by atoms with Gasteiger partial charge in [-0.2, -0.15) is 12.6 Å². The lowest BCUT2D eigenvalue weighted by molar-refractivity contribution is 0.510. The number of hydrogen-bond acceptors (Lipinski definition) is 1. The summed E-state index contributed by atoms with van der Waals surface area (Å²) in [6, 6.07) is 0. The van der Waals surface area contributed by atoms with Gasteiger partial charge in [0.2, 0.25) is 0 Å². The van der Waals surface area contributed by atoms with E-state index < -0.39 is 0 Å². The van der Waals surface area contributed by atoms with Crippen LogP contribution in [-0.4, -0.2) is 0 Å². The number of hydrogen-bond donors (Lipinski definition) is 1. The molecule has 0 radical (unpaired) electrons. The van der Waals surface area contributed by atoms with Gasteiger partial charge in [0.15, 0.2) is 0 Å². The predicted molar refractivity (Wildman–Crippen MR) is 56.3 cm³/mol. The minimum absolute atomic E-state index is 0.840. The fourth-order valence-electron chi connectivity index (χ4n) is 2.05. The lowest BCUT2D eigenvalue weighted by atomic mass is 9.78. The third-order valence-electron chi connectivity index (χ3n) is 2.82. The Labute approximate surface area is 79.5 Å². The van der Waals surface area contributed by atoms with Crippen LogP contribution in [0.4, 0.5) is 0 Å². The van der Waals surface area contributed by atoms with E-state index in [9.17, 15) is 0 Å². The number of rotatable bonds is 0. The molecule has 1 saturated carbocycles. The molecule has 2 aliphatic rings. The lowest BCUT2D eigenvalue weighted by Gasteiger charge is -2.27. The van der Waals surface area contributed by atoms with Gasteiger partial charge < -0.3 is 0 Å². The van der Waals surface area contributed by atoms with Crippen LogP contribution < -0.4 is 0 Å². The maximum Gasteiger partial charge on any atom is -0.00944 e. The molecular weight excluding hydrogens is 164 g/mol. The smallest absolute Gasteiger partial charge is 0.00944 e. The van der Waals surface area contributed by atoms with E-state index in [2.05, 4.69) is 30.9 Å². The maximum atomic E-state index is 4.21. The van der Waals surface area contributed by atoms with Gasteiger partial charge in [-0.05, 0) is 37.0 Å². The van der Waals surface area contributed by atoms with Crippen molar-refractivity contribution in [1.82, 2.24) is 0 Å². The SMILES string of the molecule is SC=C1CCC2CC=CC=C2C1. The maximum absolute atomic E-state index is 4.21. The van der Waals surface area contributed by atoms with Crippen molar-refractivity contribution in [2.24, 2.45) is 5.92 Å². The van der Waals surface area contributed by atoms with Crippen molar-refractivity contribution in [2.75, 3.05) is 0 Å². The molecule has 64 valence electrons. The zero-order chi connectivity index (χ0) is 8.39. The van der Waals surface area contributed by atoms with Gasteiger partial charge in [-0.15, -0.1) is 0 Å². The minimum Gasteiger partial charge on any atom is -0.151 e. The van der Waals surface area contributed by atoms with Gasteiger partial charge >= 0.3 is 0 Å². The molecule has 2 rings (SSSR count). The van der Waals surface area contributed by atoms with Gasteiger partial charge in [0.25, 0.3) is 0 Å². The molecule has 1 unspecified atom stereocenters. The zero-order valence-electron chi connectivity index (χ0n) is 7.16. The Morgan fingerprint density at radius 2 is 2.42 bits per heavy atom. The first-order chi connectivity index (χ1) is 5.90. The molecule has 1 atom stereocenters. The van der Waals surface area contributed by atoms with Gasteiger partial charge in [0, 0.05) is 0 Å². The highest BCUT2D eigenvalue weighted by Gasteiger charge is 2.20. The first-order valence-electron chi connectivity index (χ1n) is 4.58. The van der Waals surface area contributed by atoms with Crippen molar-refractivity contribution >= 4 is 12.6 Å². The highest BCUT2D eigenvalue weighted by molar-refractivity contribution is 7.83. The molecule has 0 N–H and O–H groups in total. The monoisotopic (exact) mass is 178 g/mol. The molecule has 0 aliphatic heterocycles. The highest BCUT2D eigenvalue weighted by Crippen LogP contribution is 2.37. The summed E-state index contributed by atoms with van der Waals surface area (Å²) in [5.74, 6) is 0.840. The van der Waals surface area contributed by atoms with Crippen LogP contribution in [0, 0.1) is 5.92 Å². The molecule has 1 fully saturated rings. The molecule has 0 aromatic heterocycles. The average molecular weight is 178 g/mol. The van der Waals surface area contributed by atoms with Crippen LogP contribution in [0.5, 0.6) is 0 Å². The Hall–Kier alpha value is -0.430. The summed E-state index contributed by atoms with van der Waals surface area (Å²) in [6.45, 7) is 0. The van der Waals surface area contributed by atoms with Crippen molar-refractivity contribution in [2.45, 2.75) is 25.7 Å². The second-order valence-corrected chi connectivity index (χ2v) is 3.86. The molecule has 0 amide bonds. The van der Waals surface area contributed by atoms with Gasteiger partial charge in [-0.25, -0.2) is 0 Å². The van der Waals surface area contributed by atoms with Gasteiger partial charge in [-0.3, -0.25) is 0 Å². The van der Waals surface area contributed by atoms with Crippen molar-refractivity contribution in [3.8, 4) is 0 Å². The van der Waals surface area contributed by atoms with E-state index in [1.165, 1.54) is 31.3 Å². The number of allylic oxidation sites excluding steroid dienone is 5. The molecule has 2 aliphatic carbocycles. The molecule has 1 heteroatoms. The summed E-state index contributed by atoms with van der Waals surface area (Å²) in [5.41, 5.74) is 3.11. The van der Waals surface area contributed by atoms with Gasteiger partial charge in [0.05, 0.1) is 0 Å². The highest BCUT2D eigenvalue weighted by atomic mass is 32.1. The van der Waals surface area contributed by atoms with E-state index in [1.54, 1.807) is 5.57 Å². The van der Waals surface area contributed by atoms with E-state index in [4.69, 9.17) is 0 Å². The first kappa shape index (κ1) is 8.18. The Balaban J connectivity index is 2.16. The largest absolute Gasteiger partial charge is 0.151 e. The standard InChI is InChI=1S/C11H14S/c12-8-9-5-6-10-3-1-2-4-11(10)7-9/h1-2,4,8,10,12H,3,5-7H2. The molecule has 0 aromatic rings. The normalized spacial score (nSPS) is 31.6. The third-order valence-corrected chi connectivity index (χ3v) is 3.18. The van der Waals surface area contributed by atoms with E-state index in [0.717, 1.165) is 5.92 Å². The van der Waals surface area contributed by atoms with Gasteiger partial charge in [0.1, 0.15) is 0 Å². The summed E-state index contributed by atoms with van der Waals surface area (Å²) in [7, 11) is 0. The third kappa shape index (κ3) is 1.51. The molecule has 0 nitrogen and oxygen atoms in total. The Kier molecular flexibility index (Phi) is 2.40. The van der Waals surface area contributed by atoms with Crippen LogP contribution in [0.2, 0.25) is 0 Å². The summed E-state index contributed by atoms with van der Waals surface area (Å²) in [5, 5.41) is 1.98. The lowest BCUT2D eigenvalue weighted by Crippen LogP contribution is -2.12. The average Bonchev–Trinajstić information content (AvgIpc) is 2.17. The zero-order valence-corrected chi connectivity index (χ0v) is 8.06. The van der Waals surface area contributed by atoms with E-state index >= 15 is 0 Å². The topological polar surface area (TPSA) is 0 Å². The number of thiol groups is 1. The van der Waals surface area contributed by atoms with Crippen molar-refractivity contribution in [3.63, 3.8) is 0 Å². The summed E-state index contributed by atoms with van der Waals surface area (Å²) >= 11 is 4.21. The first-order valence-corrected chi connectivity index (χ1v) is 5.09. The summed E-state index contributed by atoms with van der Waals surface area (Å²) in [4.78, 5) is 0. The van der Waals surface area contributed by atoms with Crippen LogP contribution in [-0.2, 0) is 0 Å². The van der Waals surface area contributed by atoms with Crippen molar-refractivity contribution < 1.29 is 0 Å². The molecule has 12 heavy (non-hydrogen) atoms. The van der Waals surface area contributed by atoms with E-state index in [0.29, 0.717) is 0 Å². The van der Waals surface area contributed by atoms with Crippen LogP contribution in [0.25, 0.3) is 0 Å². The van der Waals surface area contributed by atoms with Crippen LogP contribution in [0.15, 0.2) is 34.8 Å². The molecule has 0 saturated heterocycles. The minimum atomic E-state index is 0.840. The second kappa shape index (κ2) is 3.53. The number of fused-ring (bicyclic) bond motifs is 1. The Morgan fingerprint density at radius 1 is 1.50 bits per heavy atom. The fraction of sp³-hybridized carbons (Fsp3) is 0.455. The molecule has 0 spiro atoms. The van der Waals surface area contributed by atoms with Crippen LogP contribution >= 0.6 is 12.6 Å². The molecule has 0 bridgehead atoms. The van der Waals surface area contributed by atoms with Crippen LogP contribution in [0.1, 0.15) is 25.7 Å². The molecule has 0 aromatic carbocycles. The van der Waals surface area contributed by atoms with Gasteiger partial charge in [-0.1, -0.05) is 29.4 Å². The quantitative estimate of drug-likeness (QED) is 0.539. The molecule has 0 heterocycles. The fourth-order valence-corrected chi connectivity index (χ4v) is 2.27. The Bertz CT molecular complexity index is 258. The van der Waals surface area contributed by atoms with Crippen molar-refractivity contribution in [1.29, 1.82) is 0 Å². The predicted octanol–water partition coefficient (Wildman–Crippen LogP) is 3.49. The summed E-state index contributed by atoms with van der Waals surface area (Å²) in [6.07, 6.45) is 11.7.